The normalized spacial score (nSPS) is 11.2. The van der Waals surface area contributed by atoms with Crippen LogP contribution in [0.25, 0.3) is 0 Å². The molecule has 0 aliphatic carbocycles. The molecule has 6 nitrogen and oxygen atoms in total. The predicted molar refractivity (Wildman–Crippen MR) is 139 cm³/mol. The molecule has 1 N–H and O–H groups in total. The maximum Gasteiger partial charge on any atom is 0.264 e. The first-order valence-electron chi connectivity index (χ1n) is 10.7. The lowest BCUT2D eigenvalue weighted by Gasteiger charge is -2.24. The molecule has 0 aliphatic rings. The summed E-state index contributed by atoms with van der Waals surface area (Å²) in [4.78, 5) is 12.8. The van der Waals surface area contributed by atoms with Crippen molar-refractivity contribution in [2.24, 2.45) is 0 Å². The Morgan fingerprint density at radius 3 is 2.51 bits per heavy atom. The predicted octanol–water partition coefficient (Wildman–Crippen LogP) is 5.04. The number of benzene rings is 3. The van der Waals surface area contributed by atoms with Crippen LogP contribution in [-0.2, 0) is 20.6 Å². The Labute approximate surface area is 214 Å². The molecule has 0 fully saturated rings. The lowest BCUT2D eigenvalue weighted by atomic mass is 10.2. The van der Waals surface area contributed by atoms with Crippen LogP contribution in [0.5, 0.6) is 5.75 Å². The topological polar surface area (TPSA) is 75.7 Å². The van der Waals surface area contributed by atoms with E-state index in [1.807, 2.05) is 6.92 Å². The van der Waals surface area contributed by atoms with Gasteiger partial charge in [0.05, 0.1) is 17.7 Å². The van der Waals surface area contributed by atoms with Gasteiger partial charge in [-0.2, -0.15) is 11.8 Å². The third kappa shape index (κ3) is 7.13. The van der Waals surface area contributed by atoms with Gasteiger partial charge in [-0.3, -0.25) is 9.10 Å². The van der Waals surface area contributed by atoms with Gasteiger partial charge in [0.1, 0.15) is 18.1 Å². The van der Waals surface area contributed by atoms with Gasteiger partial charge in [0.25, 0.3) is 10.0 Å². The first-order valence-corrected chi connectivity index (χ1v) is 13.7. The number of carbonyl (C=O) groups is 1. The molecule has 3 aromatic rings. The van der Waals surface area contributed by atoms with Gasteiger partial charge < -0.3 is 10.1 Å². The van der Waals surface area contributed by atoms with Crippen LogP contribution < -0.4 is 14.4 Å². The van der Waals surface area contributed by atoms with E-state index in [0.29, 0.717) is 33.5 Å². The zero-order chi connectivity index (χ0) is 25.4. The van der Waals surface area contributed by atoms with E-state index >= 15 is 0 Å². The number of methoxy groups -OCH3 is 1. The third-order valence-electron chi connectivity index (χ3n) is 5.11. The number of thioether (sulfide) groups is 1. The van der Waals surface area contributed by atoms with Gasteiger partial charge in [0, 0.05) is 34.7 Å². The quantitative estimate of drug-likeness (QED) is 0.347. The third-order valence-corrected chi connectivity index (χ3v) is 8.24. The Balaban J connectivity index is 1.68. The van der Waals surface area contributed by atoms with Crippen molar-refractivity contribution in [3.8, 4) is 5.75 Å². The van der Waals surface area contributed by atoms with Crippen LogP contribution in [0.2, 0.25) is 5.02 Å². The molecule has 0 radical (unpaired) electrons. The summed E-state index contributed by atoms with van der Waals surface area (Å²) >= 11 is 7.45. The highest BCUT2D eigenvalue weighted by molar-refractivity contribution is 7.98. The van der Waals surface area contributed by atoms with Gasteiger partial charge in [-0.15, -0.1) is 0 Å². The number of rotatable bonds is 11. The Morgan fingerprint density at radius 2 is 1.83 bits per heavy atom. The minimum atomic E-state index is -4.02. The Bertz CT molecular complexity index is 1250. The molecule has 186 valence electrons. The van der Waals surface area contributed by atoms with Gasteiger partial charge in [-0.05, 0) is 43.3 Å². The van der Waals surface area contributed by atoms with Gasteiger partial charge >= 0.3 is 0 Å². The Hall–Kier alpha value is -2.75. The van der Waals surface area contributed by atoms with Crippen LogP contribution in [0.1, 0.15) is 11.1 Å². The van der Waals surface area contributed by atoms with Crippen molar-refractivity contribution in [2.45, 2.75) is 17.6 Å². The second-order valence-corrected chi connectivity index (χ2v) is 11.0. The number of sulfonamides is 1. The molecule has 0 saturated heterocycles. The van der Waals surface area contributed by atoms with Crippen molar-refractivity contribution in [3.63, 3.8) is 0 Å². The molecule has 0 bridgehead atoms. The number of halogens is 2. The summed E-state index contributed by atoms with van der Waals surface area (Å²) in [6, 6.07) is 17.5. The van der Waals surface area contributed by atoms with Crippen LogP contribution in [-0.4, -0.2) is 40.3 Å². The highest BCUT2D eigenvalue weighted by atomic mass is 35.5. The van der Waals surface area contributed by atoms with Crippen molar-refractivity contribution in [1.29, 1.82) is 0 Å². The molecule has 0 aromatic heterocycles. The number of nitrogens with one attached hydrogen (secondary N) is 1. The zero-order valence-corrected chi connectivity index (χ0v) is 21.7. The summed E-state index contributed by atoms with van der Waals surface area (Å²) in [5.41, 5.74) is 1.64. The molecule has 10 heteroatoms. The number of hydrogen-bond acceptors (Lipinski definition) is 5. The van der Waals surface area contributed by atoms with E-state index in [1.165, 1.54) is 37.1 Å². The van der Waals surface area contributed by atoms with Crippen molar-refractivity contribution < 1.29 is 22.3 Å². The van der Waals surface area contributed by atoms with E-state index in [1.54, 1.807) is 48.5 Å². The maximum absolute atomic E-state index is 13.9. The number of aryl methyl sites for hydroxylation is 1. The smallest absolute Gasteiger partial charge is 0.264 e. The van der Waals surface area contributed by atoms with Crippen LogP contribution in [0, 0.1) is 12.7 Å². The molecule has 3 aromatic carbocycles. The molecule has 1 amide bonds. The SMILES string of the molecule is COc1cccc(N(CC(=O)NCCSCc2c(F)cccc2Cl)S(=O)(=O)c2ccc(C)cc2)c1. The van der Waals surface area contributed by atoms with Crippen molar-refractivity contribution in [1.82, 2.24) is 5.32 Å². The largest absolute Gasteiger partial charge is 0.497 e. The lowest BCUT2D eigenvalue weighted by molar-refractivity contribution is -0.119. The second-order valence-electron chi connectivity index (χ2n) is 7.63. The molecular weight excluding hydrogens is 511 g/mol. The molecule has 3 rings (SSSR count). The number of ether oxygens (including phenoxy) is 1. The summed E-state index contributed by atoms with van der Waals surface area (Å²) < 4.78 is 47.0. The van der Waals surface area contributed by atoms with Gasteiger partial charge in [-0.25, -0.2) is 12.8 Å². The zero-order valence-electron chi connectivity index (χ0n) is 19.3. The molecule has 0 heterocycles. The molecule has 0 saturated carbocycles. The average molecular weight is 537 g/mol. The molecule has 0 aliphatic heterocycles. The number of carbonyl (C=O) groups excluding carboxylic acids is 1. The fourth-order valence-corrected chi connectivity index (χ4v) is 5.82. The highest BCUT2D eigenvalue weighted by Gasteiger charge is 2.27. The van der Waals surface area contributed by atoms with E-state index in [-0.39, 0.29) is 17.3 Å². The summed E-state index contributed by atoms with van der Waals surface area (Å²) in [5.74, 6) is 0.492. The minimum Gasteiger partial charge on any atom is -0.497 e. The van der Waals surface area contributed by atoms with E-state index < -0.39 is 22.5 Å². The lowest BCUT2D eigenvalue weighted by Crippen LogP contribution is -2.41. The molecule has 0 atom stereocenters. The van der Waals surface area contributed by atoms with Crippen LogP contribution in [0.3, 0.4) is 0 Å². The summed E-state index contributed by atoms with van der Waals surface area (Å²) in [6.45, 7) is 1.74. The highest BCUT2D eigenvalue weighted by Crippen LogP contribution is 2.27. The van der Waals surface area contributed by atoms with E-state index in [0.717, 1.165) is 9.87 Å². The van der Waals surface area contributed by atoms with Crippen molar-refractivity contribution in [2.75, 3.05) is 30.3 Å². The first-order chi connectivity index (χ1) is 16.7. The minimum absolute atomic E-state index is 0.0797. The van der Waals surface area contributed by atoms with Gasteiger partial charge in [0.15, 0.2) is 0 Å². The maximum atomic E-state index is 13.9. The average Bonchev–Trinajstić information content (AvgIpc) is 2.84. The van der Waals surface area contributed by atoms with E-state index in [2.05, 4.69) is 5.32 Å². The van der Waals surface area contributed by atoms with Crippen LogP contribution in [0.4, 0.5) is 10.1 Å². The Kier molecular flexibility index (Phi) is 9.42. The first kappa shape index (κ1) is 26.8. The monoisotopic (exact) mass is 536 g/mol. The molecule has 35 heavy (non-hydrogen) atoms. The van der Waals surface area contributed by atoms with E-state index in [9.17, 15) is 17.6 Å². The summed E-state index contributed by atoms with van der Waals surface area (Å²) in [5, 5.41) is 3.09. The van der Waals surface area contributed by atoms with Crippen molar-refractivity contribution >= 4 is 45.0 Å². The number of amides is 1. The fraction of sp³-hybridized carbons (Fsp3) is 0.240. The van der Waals surface area contributed by atoms with E-state index in [4.69, 9.17) is 16.3 Å². The standard InChI is InChI=1S/C25H26ClFN2O4S2/c1-18-9-11-21(12-10-18)35(31,32)29(19-5-3-6-20(15-19)33-2)16-25(30)28-13-14-34-17-22-23(26)7-4-8-24(22)27/h3-12,15H,13-14,16-17H2,1-2H3,(H,28,30). The fourth-order valence-electron chi connectivity index (χ4n) is 3.21. The van der Waals surface area contributed by atoms with Gasteiger partial charge in [0.2, 0.25) is 5.91 Å². The Morgan fingerprint density at radius 1 is 1.11 bits per heavy atom. The molecule has 0 spiro atoms. The number of hydrogen-bond donors (Lipinski definition) is 1. The van der Waals surface area contributed by atoms with Crippen molar-refractivity contribution in [3.05, 3.63) is 88.7 Å². The summed E-state index contributed by atoms with van der Waals surface area (Å²) in [6.07, 6.45) is 0. The van der Waals surface area contributed by atoms with Crippen LogP contribution in [0.15, 0.2) is 71.6 Å². The van der Waals surface area contributed by atoms with Gasteiger partial charge in [-0.1, -0.05) is 41.4 Å². The number of nitrogens with zero attached hydrogens (tertiary/aromatic N) is 1. The summed E-state index contributed by atoms with van der Waals surface area (Å²) in [7, 11) is -2.53. The molecule has 0 unspecified atom stereocenters. The van der Waals surface area contributed by atoms with Crippen LogP contribution >= 0.6 is 23.4 Å². The molecular formula is C25H26ClFN2O4S2. The number of anilines is 1. The second kappa shape index (κ2) is 12.3.